The summed E-state index contributed by atoms with van der Waals surface area (Å²) in [7, 11) is 1.20. The van der Waals surface area contributed by atoms with Crippen LogP contribution in [0.3, 0.4) is 0 Å². The molecule has 0 saturated heterocycles. The lowest BCUT2D eigenvalue weighted by Gasteiger charge is -1.98. The highest BCUT2D eigenvalue weighted by molar-refractivity contribution is 5.70. The van der Waals surface area contributed by atoms with Crippen molar-refractivity contribution in [1.82, 2.24) is 19.9 Å². The minimum atomic E-state index is -0.676. The predicted octanol–water partition coefficient (Wildman–Crippen LogP) is 0.268. The summed E-state index contributed by atoms with van der Waals surface area (Å²) in [6.45, 7) is -0.418. The van der Waals surface area contributed by atoms with Gasteiger partial charge in [0.2, 0.25) is 5.82 Å². The summed E-state index contributed by atoms with van der Waals surface area (Å²) in [5, 5.41) is 13.0. The van der Waals surface area contributed by atoms with E-state index in [9.17, 15) is 14.4 Å². The molecule has 0 saturated carbocycles. The molecule has 0 unspecified atom stereocenters. The first-order valence-electron chi connectivity index (χ1n) is 5.07. The minimum Gasteiger partial charge on any atom is -0.466 e. The highest BCUT2D eigenvalue weighted by atomic mass is 19.1. The molecule has 0 radical (unpaired) electrons. The van der Waals surface area contributed by atoms with Crippen LogP contribution < -0.4 is 4.74 Å². The molecule has 19 heavy (non-hydrogen) atoms. The first-order valence-corrected chi connectivity index (χ1v) is 5.07. The summed E-state index contributed by atoms with van der Waals surface area (Å²) in [6.07, 6.45) is 2.31. The molecule has 9 heteroatoms. The fourth-order valence-corrected chi connectivity index (χ4v) is 1.25. The number of pyridine rings is 1. The van der Waals surface area contributed by atoms with Gasteiger partial charge >= 0.3 is 12.0 Å². The van der Waals surface area contributed by atoms with Crippen LogP contribution >= 0.6 is 0 Å². The second-order valence-electron chi connectivity index (χ2n) is 3.33. The molecule has 0 aliphatic rings. The molecule has 2 rings (SSSR count). The van der Waals surface area contributed by atoms with Crippen LogP contribution in [0.25, 0.3) is 11.4 Å². The van der Waals surface area contributed by atoms with Gasteiger partial charge < -0.3 is 14.7 Å². The van der Waals surface area contributed by atoms with Gasteiger partial charge in [-0.2, -0.15) is 4.98 Å². The molecule has 1 N–H and O–H groups in total. The maximum absolute atomic E-state index is 13.5. The number of nitrogens with zero attached hydrogens (tertiary/aromatic N) is 4. The van der Waals surface area contributed by atoms with E-state index < -0.39 is 18.4 Å². The third kappa shape index (κ3) is 2.76. The Morgan fingerprint density at radius 3 is 3.05 bits per heavy atom. The number of carbonyl (C=O) groups excluding carboxylic acids is 1. The van der Waals surface area contributed by atoms with Crippen molar-refractivity contribution in [3.05, 3.63) is 24.3 Å². The van der Waals surface area contributed by atoms with E-state index in [2.05, 4.69) is 19.8 Å². The maximum Gasteiger partial charge on any atom is 0.344 e. The highest BCUT2D eigenvalue weighted by Gasteiger charge is 2.16. The fraction of sp³-hybridized carbons (Fsp3) is 0.200. The van der Waals surface area contributed by atoms with Crippen LogP contribution in [0.2, 0.25) is 0 Å². The van der Waals surface area contributed by atoms with E-state index >= 15 is 0 Å². The van der Waals surface area contributed by atoms with Gasteiger partial charge in [-0.1, -0.05) is 9.94 Å². The van der Waals surface area contributed by atoms with Gasteiger partial charge in [-0.15, -0.1) is 0 Å². The highest BCUT2D eigenvalue weighted by Crippen LogP contribution is 2.20. The van der Waals surface area contributed by atoms with Crippen LogP contribution in [0.4, 0.5) is 4.39 Å². The number of rotatable bonds is 4. The quantitative estimate of drug-likeness (QED) is 0.627. The zero-order chi connectivity index (χ0) is 13.8. The Morgan fingerprint density at radius 2 is 2.37 bits per heavy atom. The second-order valence-corrected chi connectivity index (χ2v) is 3.33. The van der Waals surface area contributed by atoms with Crippen molar-refractivity contribution in [2.45, 2.75) is 0 Å². The fourth-order valence-electron chi connectivity index (χ4n) is 1.25. The van der Waals surface area contributed by atoms with Gasteiger partial charge in [0.25, 0.3) is 0 Å². The van der Waals surface area contributed by atoms with Gasteiger partial charge in [0.05, 0.1) is 18.9 Å². The Hall–Kier alpha value is -2.71. The monoisotopic (exact) mass is 268 g/mol. The largest absolute Gasteiger partial charge is 0.466 e. The van der Waals surface area contributed by atoms with E-state index in [0.717, 1.165) is 6.20 Å². The van der Waals surface area contributed by atoms with Gasteiger partial charge in [-0.25, -0.2) is 9.18 Å². The molecule has 2 aromatic rings. The predicted molar refractivity (Wildman–Crippen MR) is 57.9 cm³/mol. The Balaban J connectivity index is 2.22. The Kier molecular flexibility index (Phi) is 3.55. The van der Waals surface area contributed by atoms with Gasteiger partial charge in [-0.05, 0) is 6.07 Å². The molecule has 8 nitrogen and oxygen atoms in total. The Morgan fingerprint density at radius 1 is 1.58 bits per heavy atom. The van der Waals surface area contributed by atoms with Crippen molar-refractivity contribution < 1.29 is 23.9 Å². The third-order valence-corrected chi connectivity index (χ3v) is 2.13. The summed E-state index contributed by atoms with van der Waals surface area (Å²) in [4.78, 5) is 18.5. The molecule has 0 bridgehead atoms. The SMILES string of the molecule is COC(=O)COc1nc(-c2ccncc2F)n(O)n1. The van der Waals surface area contributed by atoms with E-state index in [0.29, 0.717) is 4.85 Å². The van der Waals surface area contributed by atoms with Gasteiger partial charge in [-0.3, -0.25) is 4.98 Å². The number of ether oxygens (including phenoxy) is 2. The summed E-state index contributed by atoms with van der Waals surface area (Å²) in [5.41, 5.74) is -0.00193. The molecular formula is C10H9FN4O4. The van der Waals surface area contributed by atoms with Crippen molar-refractivity contribution in [2.24, 2.45) is 0 Å². The molecule has 0 aliphatic heterocycles. The molecule has 2 aromatic heterocycles. The average molecular weight is 268 g/mol. The summed E-state index contributed by atoms with van der Waals surface area (Å²) in [5.74, 6) is -1.48. The number of aromatic nitrogens is 4. The van der Waals surface area contributed by atoms with Crippen LogP contribution in [-0.4, -0.2) is 44.8 Å². The van der Waals surface area contributed by atoms with E-state index in [1.165, 1.54) is 19.4 Å². The molecule has 0 spiro atoms. The topological polar surface area (TPSA) is 99.4 Å². The van der Waals surface area contributed by atoms with Crippen molar-refractivity contribution in [1.29, 1.82) is 0 Å². The van der Waals surface area contributed by atoms with E-state index in [4.69, 9.17) is 4.74 Å². The molecule has 0 atom stereocenters. The minimum absolute atomic E-state index is 0.00193. The summed E-state index contributed by atoms with van der Waals surface area (Å²) in [6, 6.07) is 1.04. The normalized spacial score (nSPS) is 10.2. The number of esters is 1. The Labute approximate surface area is 106 Å². The van der Waals surface area contributed by atoms with Crippen LogP contribution in [0, 0.1) is 5.82 Å². The number of hydrogen-bond donors (Lipinski definition) is 1. The number of hydrogen-bond acceptors (Lipinski definition) is 7. The molecule has 100 valence electrons. The van der Waals surface area contributed by atoms with Gasteiger partial charge in [0.1, 0.15) is 0 Å². The van der Waals surface area contributed by atoms with Crippen LogP contribution in [0.15, 0.2) is 18.5 Å². The molecule has 0 fully saturated rings. The molecule has 0 amide bonds. The lowest BCUT2D eigenvalue weighted by molar-refractivity contribution is -0.143. The summed E-state index contributed by atoms with van der Waals surface area (Å²) < 4.78 is 22.7. The van der Waals surface area contributed by atoms with E-state index in [1.807, 2.05) is 0 Å². The zero-order valence-electron chi connectivity index (χ0n) is 9.78. The molecular weight excluding hydrogens is 259 g/mol. The second kappa shape index (κ2) is 5.29. The van der Waals surface area contributed by atoms with Gasteiger partial charge in [0, 0.05) is 6.20 Å². The maximum atomic E-state index is 13.5. The third-order valence-electron chi connectivity index (χ3n) is 2.13. The number of methoxy groups -OCH3 is 1. The van der Waals surface area contributed by atoms with Crippen molar-refractivity contribution in [2.75, 3.05) is 13.7 Å². The standard InChI is InChI=1S/C10H9FN4O4/c1-18-8(16)5-19-10-13-9(15(17)14-10)6-2-3-12-4-7(6)11/h2-4,17H,5H2,1H3. The van der Waals surface area contributed by atoms with Crippen LogP contribution in [0.5, 0.6) is 6.01 Å². The molecule has 0 aliphatic carbocycles. The first kappa shape index (κ1) is 12.7. The van der Waals surface area contributed by atoms with Crippen molar-refractivity contribution in [3.8, 4) is 17.4 Å². The molecule has 2 heterocycles. The van der Waals surface area contributed by atoms with E-state index in [-0.39, 0.29) is 17.4 Å². The molecule has 0 aromatic carbocycles. The average Bonchev–Trinajstić information content (AvgIpc) is 2.77. The zero-order valence-corrected chi connectivity index (χ0v) is 9.78. The lowest BCUT2D eigenvalue weighted by Crippen LogP contribution is -2.13. The summed E-state index contributed by atoms with van der Waals surface area (Å²) >= 11 is 0. The van der Waals surface area contributed by atoms with E-state index in [1.54, 1.807) is 0 Å². The Bertz CT molecular complexity index is 601. The lowest BCUT2D eigenvalue weighted by atomic mass is 10.2. The van der Waals surface area contributed by atoms with Crippen LogP contribution in [-0.2, 0) is 9.53 Å². The van der Waals surface area contributed by atoms with Gasteiger partial charge in [0.15, 0.2) is 12.4 Å². The number of halogens is 1. The van der Waals surface area contributed by atoms with Crippen LogP contribution in [0.1, 0.15) is 0 Å². The van der Waals surface area contributed by atoms with Crippen molar-refractivity contribution >= 4 is 5.97 Å². The first-order chi connectivity index (χ1) is 9.11. The smallest absolute Gasteiger partial charge is 0.344 e. The number of carbonyl (C=O) groups is 1. The van der Waals surface area contributed by atoms with Crippen molar-refractivity contribution in [3.63, 3.8) is 0 Å².